The second-order valence-electron chi connectivity index (χ2n) is 2.52. The molecule has 0 aromatic rings. The fourth-order valence-corrected chi connectivity index (χ4v) is 0.765. The number of hydrogen-bond acceptors (Lipinski definition) is 1. The Bertz CT molecular complexity index is 141. The summed E-state index contributed by atoms with van der Waals surface area (Å²) < 4.78 is 34.7. The molecule has 0 bridgehead atoms. The zero-order valence-corrected chi connectivity index (χ0v) is 5.98. The highest BCUT2D eigenvalue weighted by molar-refractivity contribution is 5.66. The number of alkyl halides is 3. The Hall–Kier alpha value is -0.740. The summed E-state index contributed by atoms with van der Waals surface area (Å²) in [6, 6.07) is 0. The van der Waals surface area contributed by atoms with Crippen LogP contribution in [0.2, 0.25) is 0 Å². The molecule has 2 nitrogen and oxygen atoms in total. The van der Waals surface area contributed by atoms with E-state index in [9.17, 15) is 18.0 Å². The zero-order valence-electron chi connectivity index (χ0n) is 5.98. The summed E-state index contributed by atoms with van der Waals surface area (Å²) in [6.45, 7) is 1.27. The summed E-state index contributed by atoms with van der Waals surface area (Å²) in [4.78, 5) is 9.93. The summed E-state index contributed by atoms with van der Waals surface area (Å²) in [5.41, 5.74) is 0. The van der Waals surface area contributed by atoms with Crippen molar-refractivity contribution in [2.75, 3.05) is 0 Å². The van der Waals surface area contributed by atoms with Gasteiger partial charge in [-0.2, -0.15) is 13.2 Å². The van der Waals surface area contributed by atoms with Crippen molar-refractivity contribution < 1.29 is 23.1 Å². The maximum absolute atomic E-state index is 11.6. The minimum Gasteiger partial charge on any atom is -0.481 e. The van der Waals surface area contributed by atoms with Gasteiger partial charge in [-0.05, 0) is 5.92 Å². The van der Waals surface area contributed by atoms with E-state index in [1.807, 2.05) is 0 Å². The van der Waals surface area contributed by atoms with Gasteiger partial charge in [-0.25, -0.2) is 0 Å². The topological polar surface area (TPSA) is 37.3 Å². The first-order valence-corrected chi connectivity index (χ1v) is 3.10. The van der Waals surface area contributed by atoms with Gasteiger partial charge in [-0.15, -0.1) is 0 Å². The van der Waals surface area contributed by atoms with Gasteiger partial charge in [-0.3, -0.25) is 4.79 Å². The van der Waals surface area contributed by atoms with Crippen molar-refractivity contribution in [1.82, 2.24) is 0 Å². The van der Waals surface area contributed by atoms with Crippen LogP contribution >= 0.6 is 0 Å². The summed E-state index contributed by atoms with van der Waals surface area (Å²) in [6.07, 6.45) is -5.71. The SMILES string of the molecule is C[C@@H](CC(=O)O)CC(F)(F)F. The highest BCUT2D eigenvalue weighted by Gasteiger charge is 2.30. The third-order valence-electron chi connectivity index (χ3n) is 1.10. The Balaban J connectivity index is 3.69. The molecule has 66 valence electrons. The highest BCUT2D eigenvalue weighted by atomic mass is 19.4. The molecule has 5 heteroatoms. The van der Waals surface area contributed by atoms with E-state index >= 15 is 0 Å². The van der Waals surface area contributed by atoms with Crippen LogP contribution in [0.25, 0.3) is 0 Å². The molecule has 0 aliphatic rings. The lowest BCUT2D eigenvalue weighted by Crippen LogP contribution is -2.15. The summed E-state index contributed by atoms with van der Waals surface area (Å²) in [5.74, 6) is -2.03. The van der Waals surface area contributed by atoms with Crippen molar-refractivity contribution in [2.45, 2.75) is 25.9 Å². The molecule has 11 heavy (non-hydrogen) atoms. The Morgan fingerprint density at radius 1 is 1.55 bits per heavy atom. The molecule has 0 saturated carbocycles. The van der Waals surface area contributed by atoms with E-state index in [0.29, 0.717) is 0 Å². The average Bonchev–Trinajstić information content (AvgIpc) is 1.53. The van der Waals surface area contributed by atoms with Gasteiger partial charge >= 0.3 is 12.1 Å². The van der Waals surface area contributed by atoms with Crippen molar-refractivity contribution in [2.24, 2.45) is 5.92 Å². The van der Waals surface area contributed by atoms with Crippen LogP contribution in [0.5, 0.6) is 0 Å². The minimum atomic E-state index is -4.26. The maximum Gasteiger partial charge on any atom is 0.389 e. The predicted octanol–water partition coefficient (Wildman–Crippen LogP) is 2.05. The summed E-state index contributed by atoms with van der Waals surface area (Å²) in [7, 11) is 0. The van der Waals surface area contributed by atoms with Gasteiger partial charge in [0.1, 0.15) is 0 Å². The van der Waals surface area contributed by atoms with Crippen LogP contribution in [0.3, 0.4) is 0 Å². The second-order valence-corrected chi connectivity index (χ2v) is 2.52. The lowest BCUT2D eigenvalue weighted by molar-refractivity contribution is -0.149. The van der Waals surface area contributed by atoms with Crippen LogP contribution in [-0.4, -0.2) is 17.3 Å². The quantitative estimate of drug-likeness (QED) is 0.703. The van der Waals surface area contributed by atoms with Crippen molar-refractivity contribution in [3.05, 3.63) is 0 Å². The molecule has 0 rings (SSSR count). The molecule has 0 unspecified atom stereocenters. The molecule has 0 radical (unpaired) electrons. The second kappa shape index (κ2) is 3.59. The van der Waals surface area contributed by atoms with Crippen molar-refractivity contribution in [1.29, 1.82) is 0 Å². The molecule has 0 saturated heterocycles. The molecule has 0 aromatic carbocycles. The van der Waals surface area contributed by atoms with Crippen LogP contribution < -0.4 is 0 Å². The normalized spacial score (nSPS) is 14.5. The first kappa shape index (κ1) is 10.3. The molecule has 0 aliphatic carbocycles. The van der Waals surface area contributed by atoms with Crippen LogP contribution in [-0.2, 0) is 4.79 Å². The van der Waals surface area contributed by atoms with Gasteiger partial charge < -0.3 is 5.11 Å². The Morgan fingerprint density at radius 2 is 2.00 bits per heavy atom. The van der Waals surface area contributed by atoms with Crippen molar-refractivity contribution in [3.8, 4) is 0 Å². The van der Waals surface area contributed by atoms with E-state index in [-0.39, 0.29) is 0 Å². The van der Waals surface area contributed by atoms with E-state index < -0.39 is 30.9 Å². The van der Waals surface area contributed by atoms with E-state index in [1.165, 1.54) is 6.92 Å². The molecule has 0 spiro atoms. The third kappa shape index (κ3) is 7.15. The molecular weight excluding hydrogens is 161 g/mol. The molecule has 0 fully saturated rings. The third-order valence-corrected chi connectivity index (χ3v) is 1.10. The van der Waals surface area contributed by atoms with Gasteiger partial charge in [0, 0.05) is 12.8 Å². The molecule has 0 heterocycles. The largest absolute Gasteiger partial charge is 0.481 e. The number of carbonyl (C=O) groups is 1. The highest BCUT2D eigenvalue weighted by Crippen LogP contribution is 2.25. The van der Waals surface area contributed by atoms with Gasteiger partial charge in [-0.1, -0.05) is 6.92 Å². The Labute approximate surface area is 62.0 Å². The number of rotatable bonds is 3. The van der Waals surface area contributed by atoms with Crippen molar-refractivity contribution >= 4 is 5.97 Å². The lowest BCUT2D eigenvalue weighted by atomic mass is 10.0. The van der Waals surface area contributed by atoms with E-state index in [4.69, 9.17) is 5.11 Å². The van der Waals surface area contributed by atoms with Crippen LogP contribution in [0.1, 0.15) is 19.8 Å². The summed E-state index contributed by atoms with van der Waals surface area (Å²) >= 11 is 0. The average molecular weight is 170 g/mol. The minimum absolute atomic E-state index is 0.431. The van der Waals surface area contributed by atoms with E-state index in [1.54, 1.807) is 0 Å². The smallest absolute Gasteiger partial charge is 0.389 e. The molecule has 0 amide bonds. The number of hydrogen-bond donors (Lipinski definition) is 1. The molecule has 0 aromatic heterocycles. The van der Waals surface area contributed by atoms with Crippen molar-refractivity contribution in [3.63, 3.8) is 0 Å². The molecular formula is C6H9F3O2. The lowest BCUT2D eigenvalue weighted by Gasteiger charge is -2.10. The van der Waals surface area contributed by atoms with Gasteiger partial charge in [0.15, 0.2) is 0 Å². The predicted molar refractivity (Wildman–Crippen MR) is 32.1 cm³/mol. The first-order valence-electron chi connectivity index (χ1n) is 3.10. The van der Waals surface area contributed by atoms with Crippen LogP contribution in [0.15, 0.2) is 0 Å². The molecule has 1 N–H and O–H groups in total. The molecule has 0 aliphatic heterocycles. The first-order chi connectivity index (χ1) is 4.81. The van der Waals surface area contributed by atoms with E-state index in [0.717, 1.165) is 0 Å². The number of halogens is 3. The Kier molecular flexibility index (Phi) is 3.35. The van der Waals surface area contributed by atoms with Crippen LogP contribution in [0.4, 0.5) is 13.2 Å². The van der Waals surface area contributed by atoms with Gasteiger partial charge in [0.25, 0.3) is 0 Å². The maximum atomic E-state index is 11.6. The van der Waals surface area contributed by atoms with E-state index in [2.05, 4.69) is 0 Å². The number of carboxylic acid groups (broad SMARTS) is 1. The fraction of sp³-hybridized carbons (Fsp3) is 0.833. The van der Waals surface area contributed by atoms with Gasteiger partial charge in [0.2, 0.25) is 0 Å². The standard InChI is InChI=1S/C6H9F3O2/c1-4(2-5(10)11)3-6(7,8)9/h4H,2-3H2,1H3,(H,10,11)/t4-/m0/s1. The van der Waals surface area contributed by atoms with Gasteiger partial charge in [0.05, 0.1) is 0 Å². The fourth-order valence-electron chi connectivity index (χ4n) is 0.765. The number of aliphatic carboxylic acids is 1. The number of carboxylic acids is 1. The monoisotopic (exact) mass is 170 g/mol. The summed E-state index contributed by atoms with van der Waals surface area (Å²) in [5, 5.41) is 8.11. The molecule has 1 atom stereocenters. The zero-order chi connectivity index (χ0) is 9.07. The van der Waals surface area contributed by atoms with Crippen LogP contribution in [0, 0.1) is 5.92 Å². The Morgan fingerprint density at radius 3 is 2.27 bits per heavy atom.